The van der Waals surface area contributed by atoms with Gasteiger partial charge in [-0.3, -0.25) is 4.79 Å². The van der Waals surface area contributed by atoms with Crippen LogP contribution in [0.1, 0.15) is 66.5 Å². The molecule has 0 bridgehead atoms. The quantitative estimate of drug-likeness (QED) is 0.846. The lowest BCUT2D eigenvalue weighted by Crippen LogP contribution is -2.39. The minimum absolute atomic E-state index is 0.0207. The number of aliphatic hydroxyl groups is 1. The van der Waals surface area contributed by atoms with Crippen molar-refractivity contribution in [2.45, 2.75) is 58.6 Å². The van der Waals surface area contributed by atoms with Gasteiger partial charge in [-0.15, -0.1) is 0 Å². The second-order valence-electron chi connectivity index (χ2n) is 8.79. The topological polar surface area (TPSA) is 91.5 Å². The molecule has 7 heteroatoms. The summed E-state index contributed by atoms with van der Waals surface area (Å²) in [5.74, 6) is 0.870. The molecule has 4 rings (SSSR count). The van der Waals surface area contributed by atoms with Crippen molar-refractivity contribution >= 4 is 11.9 Å². The number of carbonyl (C=O) groups excluding carboxylic acids is 1. The minimum atomic E-state index is -0.225. The molecule has 1 saturated heterocycles. The van der Waals surface area contributed by atoms with Crippen LogP contribution in [0, 0.1) is 12.3 Å². The third-order valence-electron chi connectivity index (χ3n) is 5.79. The fourth-order valence-corrected chi connectivity index (χ4v) is 4.21. The maximum Gasteiger partial charge on any atom is 0.287 e. The highest BCUT2D eigenvalue weighted by Crippen LogP contribution is 2.40. The van der Waals surface area contributed by atoms with Gasteiger partial charge in [-0.25, -0.2) is 9.97 Å². The smallest absolute Gasteiger partial charge is 0.287 e. The summed E-state index contributed by atoms with van der Waals surface area (Å²) in [5, 5.41) is 12.9. The highest BCUT2D eigenvalue weighted by Gasteiger charge is 2.35. The molecule has 1 atom stereocenters. The third kappa shape index (κ3) is 3.76. The molecule has 2 aromatic heterocycles. The van der Waals surface area contributed by atoms with E-state index in [0.29, 0.717) is 5.76 Å². The summed E-state index contributed by atoms with van der Waals surface area (Å²) >= 11 is 0. The Kier molecular flexibility index (Phi) is 4.87. The summed E-state index contributed by atoms with van der Waals surface area (Å²) in [5.41, 5.74) is 2.82. The zero-order valence-electron chi connectivity index (χ0n) is 16.7. The molecule has 2 aromatic rings. The van der Waals surface area contributed by atoms with Gasteiger partial charge in [-0.1, -0.05) is 13.8 Å². The molecule has 0 spiro atoms. The van der Waals surface area contributed by atoms with Crippen LogP contribution in [-0.4, -0.2) is 40.2 Å². The molecule has 28 heavy (non-hydrogen) atoms. The van der Waals surface area contributed by atoms with Crippen molar-refractivity contribution in [3.8, 4) is 0 Å². The van der Waals surface area contributed by atoms with Crippen molar-refractivity contribution < 1.29 is 14.3 Å². The van der Waals surface area contributed by atoms with Gasteiger partial charge in [0.05, 0.1) is 24.1 Å². The number of aryl methyl sites for hydroxylation is 1. The number of hydrogen-bond donors (Lipinski definition) is 2. The van der Waals surface area contributed by atoms with E-state index < -0.39 is 0 Å². The number of piperidine rings is 1. The number of nitrogens with zero attached hydrogens (tertiary/aromatic N) is 3. The lowest BCUT2D eigenvalue weighted by atomic mass is 9.74. The Morgan fingerprint density at radius 3 is 2.79 bits per heavy atom. The minimum Gasteiger partial charge on any atom is -0.459 e. The van der Waals surface area contributed by atoms with Gasteiger partial charge >= 0.3 is 0 Å². The second-order valence-corrected chi connectivity index (χ2v) is 8.79. The van der Waals surface area contributed by atoms with Gasteiger partial charge in [-0.2, -0.15) is 0 Å². The van der Waals surface area contributed by atoms with Crippen LogP contribution in [-0.2, 0) is 6.42 Å². The number of carbonyl (C=O) groups is 1. The average Bonchev–Trinajstić information content (AvgIpc) is 3.07. The van der Waals surface area contributed by atoms with Gasteiger partial charge < -0.3 is 19.7 Å². The Hall–Kier alpha value is -2.41. The van der Waals surface area contributed by atoms with E-state index in [1.165, 1.54) is 6.26 Å². The summed E-state index contributed by atoms with van der Waals surface area (Å²) < 4.78 is 5.34. The standard InChI is InChI=1S/C21H28N4O3/c1-13-6-9-28-18(13)19(27)23-16-10-21(2,3)11-17-15(16)12-22-20(24-17)25-7-4-14(26)5-8-25/h6,9,12,14,16,26H,4-5,7-8,10-11H2,1-3H3,(H,23,27)/t16-/m1/s1. The molecule has 3 heterocycles. The Morgan fingerprint density at radius 1 is 1.36 bits per heavy atom. The summed E-state index contributed by atoms with van der Waals surface area (Å²) in [6.45, 7) is 7.79. The fraction of sp³-hybridized carbons (Fsp3) is 0.571. The maximum absolute atomic E-state index is 12.7. The van der Waals surface area contributed by atoms with E-state index in [9.17, 15) is 9.90 Å². The van der Waals surface area contributed by atoms with Gasteiger partial charge in [0.25, 0.3) is 5.91 Å². The Balaban J connectivity index is 1.59. The number of aliphatic hydroxyl groups excluding tert-OH is 1. The van der Waals surface area contributed by atoms with Gasteiger partial charge in [0.15, 0.2) is 5.76 Å². The number of fused-ring (bicyclic) bond motifs is 1. The number of anilines is 1. The zero-order chi connectivity index (χ0) is 19.9. The monoisotopic (exact) mass is 384 g/mol. The molecule has 0 aromatic carbocycles. The lowest BCUT2D eigenvalue weighted by molar-refractivity contribution is 0.0890. The number of aromatic nitrogens is 2. The van der Waals surface area contributed by atoms with Crippen molar-refractivity contribution in [2.24, 2.45) is 5.41 Å². The van der Waals surface area contributed by atoms with Crippen LogP contribution in [0.3, 0.4) is 0 Å². The van der Waals surface area contributed by atoms with Crippen LogP contribution >= 0.6 is 0 Å². The van der Waals surface area contributed by atoms with Crippen LogP contribution in [0.2, 0.25) is 0 Å². The molecule has 150 valence electrons. The molecule has 2 aliphatic rings. The molecule has 7 nitrogen and oxygen atoms in total. The number of rotatable bonds is 3. The number of furan rings is 1. The van der Waals surface area contributed by atoms with Crippen molar-refractivity contribution in [2.75, 3.05) is 18.0 Å². The highest BCUT2D eigenvalue weighted by atomic mass is 16.3. The molecule has 0 saturated carbocycles. The molecule has 1 aliphatic heterocycles. The first-order valence-corrected chi connectivity index (χ1v) is 9.96. The van der Waals surface area contributed by atoms with E-state index in [4.69, 9.17) is 9.40 Å². The summed E-state index contributed by atoms with van der Waals surface area (Å²) in [7, 11) is 0. The van der Waals surface area contributed by atoms with Crippen LogP contribution in [0.25, 0.3) is 0 Å². The molecule has 0 unspecified atom stereocenters. The van der Waals surface area contributed by atoms with Crippen molar-refractivity contribution in [1.29, 1.82) is 0 Å². The molecular formula is C21H28N4O3. The first-order valence-electron chi connectivity index (χ1n) is 9.96. The number of amides is 1. The Bertz CT molecular complexity index is 868. The number of nitrogens with one attached hydrogen (secondary N) is 1. The van der Waals surface area contributed by atoms with Gasteiger partial charge in [-0.05, 0) is 44.1 Å². The van der Waals surface area contributed by atoms with Crippen molar-refractivity contribution in [3.05, 3.63) is 41.1 Å². The average molecular weight is 384 g/mol. The molecule has 2 N–H and O–H groups in total. The zero-order valence-corrected chi connectivity index (χ0v) is 16.7. The summed E-state index contributed by atoms with van der Waals surface area (Å²) in [6, 6.07) is 1.64. The third-order valence-corrected chi connectivity index (χ3v) is 5.79. The Morgan fingerprint density at radius 2 is 2.11 bits per heavy atom. The van der Waals surface area contributed by atoms with E-state index >= 15 is 0 Å². The van der Waals surface area contributed by atoms with Crippen LogP contribution in [0.15, 0.2) is 22.9 Å². The van der Waals surface area contributed by atoms with E-state index in [-0.39, 0.29) is 23.5 Å². The normalized spacial score (nSPS) is 22.0. The molecule has 1 aliphatic carbocycles. The fourth-order valence-electron chi connectivity index (χ4n) is 4.21. The lowest BCUT2D eigenvalue weighted by Gasteiger charge is -2.37. The predicted octanol–water partition coefficient (Wildman–Crippen LogP) is 2.78. The summed E-state index contributed by atoms with van der Waals surface area (Å²) in [4.78, 5) is 24.3. The maximum atomic E-state index is 12.7. The van der Waals surface area contributed by atoms with Crippen LogP contribution in [0.4, 0.5) is 5.95 Å². The first-order chi connectivity index (χ1) is 13.3. The SMILES string of the molecule is Cc1ccoc1C(=O)N[C@@H]1CC(C)(C)Cc2nc(N3CCC(O)CC3)ncc21. The van der Waals surface area contributed by atoms with Crippen LogP contribution < -0.4 is 10.2 Å². The van der Waals surface area contributed by atoms with Gasteiger partial charge in [0, 0.05) is 30.4 Å². The second kappa shape index (κ2) is 7.20. The van der Waals surface area contributed by atoms with Gasteiger partial charge in [0.2, 0.25) is 5.95 Å². The highest BCUT2D eigenvalue weighted by molar-refractivity contribution is 5.93. The Labute approximate surface area is 165 Å². The van der Waals surface area contributed by atoms with E-state index in [0.717, 1.165) is 61.5 Å². The van der Waals surface area contributed by atoms with E-state index in [1.54, 1.807) is 6.07 Å². The molecular weight excluding hydrogens is 356 g/mol. The van der Waals surface area contributed by atoms with Gasteiger partial charge in [0.1, 0.15) is 0 Å². The van der Waals surface area contributed by atoms with E-state index in [1.807, 2.05) is 13.1 Å². The van der Waals surface area contributed by atoms with E-state index in [2.05, 4.69) is 29.0 Å². The molecule has 1 amide bonds. The number of hydrogen-bond acceptors (Lipinski definition) is 6. The van der Waals surface area contributed by atoms with Crippen LogP contribution in [0.5, 0.6) is 0 Å². The molecule has 0 radical (unpaired) electrons. The van der Waals surface area contributed by atoms with Crippen molar-refractivity contribution in [1.82, 2.24) is 15.3 Å². The largest absolute Gasteiger partial charge is 0.459 e. The molecule has 1 fully saturated rings. The predicted molar refractivity (Wildman–Crippen MR) is 105 cm³/mol. The first kappa shape index (κ1) is 18.9. The van der Waals surface area contributed by atoms with Crippen molar-refractivity contribution in [3.63, 3.8) is 0 Å². The summed E-state index contributed by atoms with van der Waals surface area (Å²) in [6.07, 6.45) is 6.33.